The van der Waals surface area contributed by atoms with E-state index in [2.05, 4.69) is 22.2 Å². The predicted molar refractivity (Wildman–Crippen MR) is 55.6 cm³/mol. The number of nitrogens with one attached hydrogen (secondary N) is 2. The number of rotatable bonds is 1. The van der Waals surface area contributed by atoms with Crippen LogP contribution in [0.4, 0.5) is 0 Å². The first-order chi connectivity index (χ1) is 5.86. The summed E-state index contributed by atoms with van der Waals surface area (Å²) in [7, 11) is 0. The first kappa shape index (κ1) is 8.04. The van der Waals surface area contributed by atoms with Crippen LogP contribution in [0.5, 0.6) is 0 Å². The molecule has 4 heteroatoms. The molecule has 1 fully saturated rings. The van der Waals surface area contributed by atoms with Gasteiger partial charge in [0.25, 0.3) is 0 Å². The SMILES string of the molecule is S=C1NC(c2ccccc2)NS1. The average molecular weight is 196 g/mol. The maximum Gasteiger partial charge on any atom is 0.150 e. The fraction of sp³-hybridized carbons (Fsp3) is 0.125. The minimum absolute atomic E-state index is 0.170. The lowest BCUT2D eigenvalue weighted by molar-refractivity contribution is 0.663. The molecule has 1 unspecified atom stereocenters. The normalized spacial score (nSPS) is 22.3. The highest BCUT2D eigenvalue weighted by Gasteiger charge is 2.18. The van der Waals surface area contributed by atoms with Crippen LogP contribution in [0.15, 0.2) is 30.3 Å². The summed E-state index contributed by atoms with van der Waals surface area (Å²) in [5.41, 5.74) is 1.21. The monoisotopic (exact) mass is 196 g/mol. The Morgan fingerprint density at radius 2 is 2.00 bits per heavy atom. The molecule has 0 saturated carbocycles. The predicted octanol–water partition coefficient (Wildman–Crippen LogP) is 1.81. The van der Waals surface area contributed by atoms with Gasteiger partial charge in [-0.15, -0.1) is 0 Å². The molecule has 1 atom stereocenters. The highest BCUT2D eigenvalue weighted by Crippen LogP contribution is 2.19. The van der Waals surface area contributed by atoms with Crippen LogP contribution < -0.4 is 10.0 Å². The molecule has 1 aromatic carbocycles. The molecule has 1 aliphatic heterocycles. The number of hydrogen-bond donors (Lipinski definition) is 2. The molecule has 2 rings (SSSR count). The van der Waals surface area contributed by atoms with E-state index < -0.39 is 0 Å². The van der Waals surface area contributed by atoms with Crippen molar-refractivity contribution in [3.63, 3.8) is 0 Å². The van der Waals surface area contributed by atoms with Crippen LogP contribution >= 0.6 is 24.2 Å². The molecule has 1 heterocycles. The zero-order chi connectivity index (χ0) is 8.39. The molecule has 1 aliphatic rings. The van der Waals surface area contributed by atoms with E-state index in [9.17, 15) is 0 Å². The van der Waals surface area contributed by atoms with Crippen LogP contribution in [0, 0.1) is 0 Å². The standard InChI is InChI=1S/C8H8N2S2/c11-8-9-7(10-12-8)6-4-2-1-3-5-6/h1-5,7,10H,(H,9,11). The number of benzene rings is 1. The van der Waals surface area contributed by atoms with E-state index in [1.54, 1.807) is 0 Å². The van der Waals surface area contributed by atoms with E-state index in [0.29, 0.717) is 0 Å². The quantitative estimate of drug-likeness (QED) is 0.528. The van der Waals surface area contributed by atoms with Crippen molar-refractivity contribution >= 4 is 28.5 Å². The summed E-state index contributed by atoms with van der Waals surface area (Å²) in [6.45, 7) is 0. The van der Waals surface area contributed by atoms with E-state index in [1.165, 1.54) is 17.5 Å². The van der Waals surface area contributed by atoms with E-state index in [4.69, 9.17) is 12.2 Å². The molecule has 0 bridgehead atoms. The average Bonchev–Trinajstić information content (AvgIpc) is 2.54. The Labute approximate surface area is 80.9 Å². The van der Waals surface area contributed by atoms with Crippen LogP contribution in [0.3, 0.4) is 0 Å². The third-order valence-electron chi connectivity index (χ3n) is 1.66. The molecular weight excluding hydrogens is 188 g/mol. The lowest BCUT2D eigenvalue weighted by Gasteiger charge is -2.08. The van der Waals surface area contributed by atoms with Crippen molar-refractivity contribution < 1.29 is 0 Å². The molecule has 1 aromatic rings. The van der Waals surface area contributed by atoms with E-state index in [0.717, 1.165) is 4.32 Å². The number of hydrogen-bond acceptors (Lipinski definition) is 3. The van der Waals surface area contributed by atoms with Gasteiger partial charge in [-0.05, 0) is 17.5 Å². The molecule has 1 saturated heterocycles. The van der Waals surface area contributed by atoms with Gasteiger partial charge in [-0.25, -0.2) is 4.72 Å². The van der Waals surface area contributed by atoms with Crippen molar-refractivity contribution in [2.75, 3.05) is 0 Å². The Morgan fingerprint density at radius 1 is 1.25 bits per heavy atom. The first-order valence-electron chi connectivity index (χ1n) is 3.64. The first-order valence-corrected chi connectivity index (χ1v) is 4.86. The summed E-state index contributed by atoms with van der Waals surface area (Å²) in [5.74, 6) is 0. The van der Waals surface area contributed by atoms with Crippen molar-refractivity contribution in [1.29, 1.82) is 0 Å². The van der Waals surface area contributed by atoms with Crippen molar-refractivity contribution in [1.82, 2.24) is 10.0 Å². The molecule has 0 aliphatic carbocycles. The third kappa shape index (κ3) is 1.60. The maximum absolute atomic E-state index is 4.99. The van der Waals surface area contributed by atoms with Crippen molar-refractivity contribution in [2.24, 2.45) is 0 Å². The van der Waals surface area contributed by atoms with Crippen LogP contribution in [0.25, 0.3) is 0 Å². The maximum atomic E-state index is 4.99. The second-order valence-electron chi connectivity index (χ2n) is 2.50. The van der Waals surface area contributed by atoms with Gasteiger partial charge in [-0.3, -0.25) is 0 Å². The largest absolute Gasteiger partial charge is 0.350 e. The van der Waals surface area contributed by atoms with Gasteiger partial charge >= 0.3 is 0 Å². The summed E-state index contributed by atoms with van der Waals surface area (Å²) >= 11 is 6.46. The Morgan fingerprint density at radius 3 is 2.58 bits per heavy atom. The summed E-state index contributed by atoms with van der Waals surface area (Å²) in [6.07, 6.45) is 0.170. The zero-order valence-corrected chi connectivity index (χ0v) is 7.91. The van der Waals surface area contributed by atoms with Crippen molar-refractivity contribution in [2.45, 2.75) is 6.17 Å². The highest BCUT2D eigenvalue weighted by atomic mass is 32.2. The molecule has 12 heavy (non-hydrogen) atoms. The van der Waals surface area contributed by atoms with Crippen molar-refractivity contribution in [3.05, 3.63) is 35.9 Å². The van der Waals surface area contributed by atoms with Crippen LogP contribution in [0.1, 0.15) is 11.7 Å². The van der Waals surface area contributed by atoms with Gasteiger partial charge in [0.15, 0.2) is 0 Å². The topological polar surface area (TPSA) is 24.1 Å². The molecule has 2 N–H and O–H groups in total. The molecule has 0 spiro atoms. The van der Waals surface area contributed by atoms with E-state index in [-0.39, 0.29) is 6.17 Å². The van der Waals surface area contributed by atoms with Gasteiger partial charge in [0.1, 0.15) is 10.5 Å². The fourth-order valence-corrected chi connectivity index (χ4v) is 1.94. The summed E-state index contributed by atoms with van der Waals surface area (Å²) in [5, 5.41) is 3.15. The molecule has 0 radical (unpaired) electrons. The highest BCUT2D eigenvalue weighted by molar-refractivity contribution is 8.22. The fourth-order valence-electron chi connectivity index (χ4n) is 1.09. The Hall–Kier alpha value is -0.580. The minimum Gasteiger partial charge on any atom is -0.350 e. The van der Waals surface area contributed by atoms with Crippen LogP contribution in [-0.2, 0) is 0 Å². The summed E-state index contributed by atoms with van der Waals surface area (Å²) < 4.78 is 4.00. The molecule has 2 nitrogen and oxygen atoms in total. The lowest BCUT2D eigenvalue weighted by atomic mass is 10.2. The smallest absolute Gasteiger partial charge is 0.150 e. The minimum atomic E-state index is 0.170. The number of thiocarbonyl (C=S) groups is 1. The molecule has 62 valence electrons. The Bertz CT molecular complexity index is 286. The van der Waals surface area contributed by atoms with Crippen LogP contribution in [-0.4, -0.2) is 4.32 Å². The second-order valence-corrected chi connectivity index (χ2v) is 4.01. The zero-order valence-electron chi connectivity index (χ0n) is 6.28. The van der Waals surface area contributed by atoms with Gasteiger partial charge in [0, 0.05) is 0 Å². The summed E-state index contributed by atoms with van der Waals surface area (Å²) in [6, 6.07) is 10.2. The second kappa shape index (κ2) is 3.43. The Balaban J connectivity index is 2.16. The van der Waals surface area contributed by atoms with Gasteiger partial charge in [0.05, 0.1) is 0 Å². The van der Waals surface area contributed by atoms with Gasteiger partial charge in [-0.2, -0.15) is 0 Å². The van der Waals surface area contributed by atoms with Gasteiger partial charge in [0.2, 0.25) is 0 Å². The van der Waals surface area contributed by atoms with Crippen LogP contribution in [0.2, 0.25) is 0 Å². The van der Waals surface area contributed by atoms with Gasteiger partial charge in [-0.1, -0.05) is 42.5 Å². The van der Waals surface area contributed by atoms with E-state index in [1.807, 2.05) is 18.2 Å². The van der Waals surface area contributed by atoms with Gasteiger partial charge < -0.3 is 5.32 Å². The third-order valence-corrected chi connectivity index (χ3v) is 2.69. The molecule has 0 aromatic heterocycles. The van der Waals surface area contributed by atoms with E-state index >= 15 is 0 Å². The molecule has 0 amide bonds. The summed E-state index contributed by atoms with van der Waals surface area (Å²) in [4.78, 5) is 0. The Kier molecular flexibility index (Phi) is 2.30. The molecular formula is C8H8N2S2. The lowest BCUT2D eigenvalue weighted by Crippen LogP contribution is -2.21. The van der Waals surface area contributed by atoms with Crippen molar-refractivity contribution in [3.8, 4) is 0 Å².